The lowest BCUT2D eigenvalue weighted by Gasteiger charge is -2.18. The zero-order chi connectivity index (χ0) is 50.0. The van der Waals surface area contributed by atoms with E-state index in [1.165, 1.54) is 154 Å². The minimum absolute atomic E-state index is 0.0827. The third-order valence-electron chi connectivity index (χ3n) is 13.0. The number of rotatable bonds is 54. The van der Waals surface area contributed by atoms with Gasteiger partial charge in [-0.15, -0.1) is 0 Å². The van der Waals surface area contributed by atoms with E-state index in [-0.39, 0.29) is 31.1 Å². The molecule has 0 aliphatic heterocycles. The molecule has 1 atom stereocenters. The van der Waals surface area contributed by atoms with Gasteiger partial charge in [0.15, 0.2) is 6.10 Å². The predicted molar refractivity (Wildman–Crippen MR) is 298 cm³/mol. The highest BCUT2D eigenvalue weighted by Crippen LogP contribution is 2.16. The van der Waals surface area contributed by atoms with E-state index in [0.717, 1.165) is 109 Å². The summed E-state index contributed by atoms with van der Waals surface area (Å²) < 4.78 is 16.9. The van der Waals surface area contributed by atoms with Crippen molar-refractivity contribution >= 4 is 17.9 Å². The van der Waals surface area contributed by atoms with Gasteiger partial charge in [0.1, 0.15) is 13.2 Å². The second kappa shape index (κ2) is 57.7. The van der Waals surface area contributed by atoms with Gasteiger partial charge in [-0.3, -0.25) is 14.4 Å². The number of unbranched alkanes of at least 4 members (excludes halogenated alkanes) is 33. The number of hydrogen-bond donors (Lipinski definition) is 0. The zero-order valence-corrected chi connectivity index (χ0v) is 45.8. The lowest BCUT2D eigenvalue weighted by atomic mass is 10.0. The molecule has 0 radical (unpaired) electrons. The number of carbonyl (C=O) groups excluding carboxylic acids is 3. The summed E-state index contributed by atoms with van der Waals surface area (Å²) >= 11 is 0. The van der Waals surface area contributed by atoms with Crippen molar-refractivity contribution in [3.8, 4) is 0 Å². The molecule has 0 aromatic heterocycles. The maximum Gasteiger partial charge on any atom is 0.306 e. The molecular formula is C63H112O6. The van der Waals surface area contributed by atoms with Crippen molar-refractivity contribution in [2.75, 3.05) is 13.2 Å². The van der Waals surface area contributed by atoms with E-state index in [1.807, 2.05) is 0 Å². The largest absolute Gasteiger partial charge is 0.462 e. The van der Waals surface area contributed by atoms with Crippen LogP contribution in [-0.4, -0.2) is 37.2 Å². The van der Waals surface area contributed by atoms with Gasteiger partial charge in [0.05, 0.1) is 0 Å². The van der Waals surface area contributed by atoms with Crippen molar-refractivity contribution in [1.82, 2.24) is 0 Å². The standard InChI is InChI=1S/C63H112O6/c1-4-7-10-13-16-19-22-25-28-30-31-33-36-38-41-44-47-50-53-56-62(65)68-59-60(69-63(66)57-54-51-48-45-42-39-34-27-24-21-18-15-12-9-6-3)58-67-61(64)55-52-49-46-43-40-37-35-32-29-26-23-20-17-14-11-8-5-2/h8,11,17,20,26-27,29,34-35,37,60H,4-7,9-10,12-16,18-19,21-25,28,30-33,36,38-59H2,1-3H3/b11-8-,20-17-,29-26-,34-27-,37-35-/t60-/m1/s1. The first-order chi connectivity index (χ1) is 34.0. The molecule has 6 nitrogen and oxygen atoms in total. The van der Waals surface area contributed by atoms with Gasteiger partial charge in [-0.05, 0) is 83.5 Å². The highest BCUT2D eigenvalue weighted by atomic mass is 16.6. The van der Waals surface area contributed by atoms with Crippen LogP contribution in [0.4, 0.5) is 0 Å². The maximum atomic E-state index is 12.9. The van der Waals surface area contributed by atoms with Crippen LogP contribution in [-0.2, 0) is 28.6 Å². The Balaban J connectivity index is 4.38. The topological polar surface area (TPSA) is 78.9 Å². The number of hydrogen-bond acceptors (Lipinski definition) is 6. The summed E-state index contributed by atoms with van der Waals surface area (Å²) in [4.78, 5) is 38.2. The van der Waals surface area contributed by atoms with Crippen molar-refractivity contribution in [2.24, 2.45) is 0 Å². The van der Waals surface area contributed by atoms with Crippen LogP contribution in [0.25, 0.3) is 0 Å². The normalized spacial score (nSPS) is 12.4. The Morgan fingerprint density at radius 3 is 0.899 bits per heavy atom. The van der Waals surface area contributed by atoms with Crippen molar-refractivity contribution < 1.29 is 28.6 Å². The van der Waals surface area contributed by atoms with E-state index >= 15 is 0 Å². The highest BCUT2D eigenvalue weighted by Gasteiger charge is 2.19. The molecule has 0 unspecified atom stereocenters. The minimum atomic E-state index is -0.787. The fourth-order valence-corrected chi connectivity index (χ4v) is 8.55. The lowest BCUT2D eigenvalue weighted by Crippen LogP contribution is -2.30. The van der Waals surface area contributed by atoms with Gasteiger partial charge < -0.3 is 14.2 Å². The van der Waals surface area contributed by atoms with Gasteiger partial charge >= 0.3 is 17.9 Å². The molecule has 6 heteroatoms. The summed E-state index contributed by atoms with van der Waals surface area (Å²) in [6.45, 7) is 6.53. The molecule has 0 bridgehead atoms. The SMILES string of the molecule is CC/C=C\C/C=C\C/C=C\C/C=C\CCCCCCC(=O)OC[C@H](COC(=O)CCCCCCCCCCCCCCCCCCCCC)OC(=O)CCCCCCC/C=C\CCCCCCCC. The molecule has 0 aliphatic carbocycles. The fraction of sp³-hybridized carbons (Fsp3) is 0.794. The Labute approximate surface area is 428 Å². The molecule has 0 N–H and O–H groups in total. The van der Waals surface area contributed by atoms with Crippen LogP contribution in [0.15, 0.2) is 60.8 Å². The first-order valence-corrected chi connectivity index (χ1v) is 29.8. The van der Waals surface area contributed by atoms with Gasteiger partial charge in [-0.25, -0.2) is 0 Å². The number of allylic oxidation sites excluding steroid dienone is 10. The van der Waals surface area contributed by atoms with E-state index in [4.69, 9.17) is 14.2 Å². The minimum Gasteiger partial charge on any atom is -0.462 e. The van der Waals surface area contributed by atoms with Crippen molar-refractivity contribution in [3.05, 3.63) is 60.8 Å². The second-order valence-corrected chi connectivity index (χ2v) is 19.9. The zero-order valence-electron chi connectivity index (χ0n) is 45.8. The predicted octanol–water partition coefficient (Wildman–Crippen LogP) is 20.0. The van der Waals surface area contributed by atoms with Crippen LogP contribution in [0.5, 0.6) is 0 Å². The van der Waals surface area contributed by atoms with Crippen molar-refractivity contribution in [1.29, 1.82) is 0 Å². The van der Waals surface area contributed by atoms with Crippen LogP contribution >= 0.6 is 0 Å². The molecule has 0 saturated carbocycles. The molecule has 0 heterocycles. The van der Waals surface area contributed by atoms with Crippen LogP contribution in [0.1, 0.15) is 303 Å². The van der Waals surface area contributed by atoms with E-state index < -0.39 is 6.10 Å². The van der Waals surface area contributed by atoms with E-state index in [2.05, 4.69) is 81.5 Å². The lowest BCUT2D eigenvalue weighted by molar-refractivity contribution is -0.167. The summed E-state index contributed by atoms with van der Waals surface area (Å²) in [7, 11) is 0. The summed E-state index contributed by atoms with van der Waals surface area (Å²) in [5.74, 6) is -0.902. The third kappa shape index (κ3) is 55.9. The molecule has 0 aromatic rings. The van der Waals surface area contributed by atoms with Crippen molar-refractivity contribution in [2.45, 2.75) is 309 Å². The Kier molecular flexibility index (Phi) is 55.3. The smallest absolute Gasteiger partial charge is 0.306 e. The fourth-order valence-electron chi connectivity index (χ4n) is 8.55. The maximum absolute atomic E-state index is 12.9. The Morgan fingerprint density at radius 2 is 0.565 bits per heavy atom. The van der Waals surface area contributed by atoms with Gasteiger partial charge in [-0.1, -0.05) is 261 Å². The van der Waals surface area contributed by atoms with Gasteiger partial charge in [0.2, 0.25) is 0 Å². The first kappa shape index (κ1) is 66.1. The third-order valence-corrected chi connectivity index (χ3v) is 13.0. The Morgan fingerprint density at radius 1 is 0.304 bits per heavy atom. The van der Waals surface area contributed by atoms with Crippen molar-refractivity contribution in [3.63, 3.8) is 0 Å². The molecule has 0 spiro atoms. The molecule has 0 amide bonds. The van der Waals surface area contributed by atoms with E-state index in [0.29, 0.717) is 19.3 Å². The van der Waals surface area contributed by atoms with Crippen LogP contribution < -0.4 is 0 Å². The summed E-state index contributed by atoms with van der Waals surface area (Å²) in [6, 6.07) is 0. The van der Waals surface area contributed by atoms with Crippen LogP contribution in [0.2, 0.25) is 0 Å². The highest BCUT2D eigenvalue weighted by molar-refractivity contribution is 5.71. The van der Waals surface area contributed by atoms with E-state index in [9.17, 15) is 14.4 Å². The van der Waals surface area contributed by atoms with Crippen LogP contribution in [0, 0.1) is 0 Å². The Hall–Kier alpha value is -2.89. The monoisotopic (exact) mass is 965 g/mol. The molecule has 0 rings (SSSR count). The van der Waals surface area contributed by atoms with Crippen LogP contribution in [0.3, 0.4) is 0 Å². The quantitative estimate of drug-likeness (QED) is 0.0262. The molecule has 69 heavy (non-hydrogen) atoms. The molecule has 0 fully saturated rings. The number of carbonyl (C=O) groups is 3. The summed E-state index contributed by atoms with van der Waals surface area (Å²) in [5.41, 5.74) is 0. The molecule has 400 valence electrons. The average Bonchev–Trinajstić information content (AvgIpc) is 3.35. The van der Waals surface area contributed by atoms with Gasteiger partial charge in [-0.2, -0.15) is 0 Å². The average molecular weight is 966 g/mol. The number of esters is 3. The first-order valence-electron chi connectivity index (χ1n) is 29.8. The molecular weight excluding hydrogens is 853 g/mol. The Bertz CT molecular complexity index is 1250. The van der Waals surface area contributed by atoms with Gasteiger partial charge in [0, 0.05) is 19.3 Å². The molecule has 0 aliphatic rings. The van der Waals surface area contributed by atoms with Gasteiger partial charge in [0.25, 0.3) is 0 Å². The second-order valence-electron chi connectivity index (χ2n) is 19.9. The molecule has 0 aromatic carbocycles. The number of ether oxygens (including phenoxy) is 3. The van der Waals surface area contributed by atoms with E-state index in [1.54, 1.807) is 0 Å². The molecule has 0 saturated heterocycles. The summed E-state index contributed by atoms with van der Waals surface area (Å²) in [6.07, 6.45) is 72.1. The summed E-state index contributed by atoms with van der Waals surface area (Å²) in [5, 5.41) is 0.